The van der Waals surface area contributed by atoms with E-state index in [4.69, 9.17) is 90.1 Å². The van der Waals surface area contributed by atoms with Gasteiger partial charge in [-0.25, -0.2) is 43.2 Å². The van der Waals surface area contributed by atoms with Gasteiger partial charge in [-0.1, -0.05) is 82.1 Å². The van der Waals surface area contributed by atoms with E-state index in [1.54, 1.807) is 104 Å². The number of esters is 9. The lowest BCUT2D eigenvalue weighted by Gasteiger charge is -2.37. The highest BCUT2D eigenvalue weighted by molar-refractivity contribution is 7.20. The number of benzene rings is 9. The van der Waals surface area contributed by atoms with E-state index in [1.807, 2.05) is 141 Å². The van der Waals surface area contributed by atoms with Gasteiger partial charge in [-0.15, -0.1) is 22.2 Å². The van der Waals surface area contributed by atoms with Gasteiger partial charge in [0.2, 0.25) is 0 Å². The van der Waals surface area contributed by atoms with Crippen LogP contribution in [0.5, 0.6) is 69.0 Å². The monoisotopic (exact) mass is 1900 g/mol. The average Bonchev–Trinajstić information content (AvgIpc) is 0.812. The Morgan fingerprint density at radius 3 is 0.667 bits per heavy atom. The third kappa shape index (κ3) is 34.2. The Bertz CT molecular complexity index is 5360. The van der Waals surface area contributed by atoms with Crippen LogP contribution in [-0.2, 0) is 47.1 Å². The summed E-state index contributed by atoms with van der Waals surface area (Å²) in [6.45, 7) is 55.9. The van der Waals surface area contributed by atoms with Gasteiger partial charge in [0, 0.05) is 33.4 Å². The number of hydrogen-bond acceptors (Lipinski definition) is 25. The molecule has 9 aromatic rings. The number of rotatable bonds is 30. The Hall–Kier alpha value is -11.4. The molecule has 0 saturated carbocycles. The second-order valence-corrected chi connectivity index (χ2v) is 61.5. The second kappa shape index (κ2) is 43.3. The van der Waals surface area contributed by atoms with Crippen molar-refractivity contribution >= 4 is 125 Å². The van der Waals surface area contributed by atoms with Crippen molar-refractivity contribution in [2.45, 2.75) is 178 Å². The summed E-state index contributed by atoms with van der Waals surface area (Å²) >= 11 is 12.2. The number of carbonyl (C=O) groups excluding carboxylic acids is 9. The molecule has 0 aliphatic heterocycles. The van der Waals surface area contributed by atoms with E-state index in [0.29, 0.717) is 45.4 Å². The molecule has 33 heteroatoms. The molecule has 129 heavy (non-hydrogen) atoms. The summed E-state index contributed by atoms with van der Waals surface area (Å²) in [5.41, 5.74) is 2.78. The van der Waals surface area contributed by atoms with Gasteiger partial charge < -0.3 is 73.1 Å². The van der Waals surface area contributed by atoms with Crippen molar-refractivity contribution in [2.24, 2.45) is 0 Å². The molecule has 9 rings (SSSR count). The lowest BCUT2D eigenvalue weighted by atomic mass is 9.86. The Morgan fingerprint density at radius 1 is 0.264 bits per heavy atom. The van der Waals surface area contributed by atoms with Crippen LogP contribution in [0, 0.1) is 0 Å². The van der Waals surface area contributed by atoms with Crippen molar-refractivity contribution in [3.63, 3.8) is 0 Å². The quantitative estimate of drug-likeness (QED) is 0.0144. The first-order valence-corrected chi connectivity index (χ1v) is 59.9. The summed E-state index contributed by atoms with van der Waals surface area (Å²) in [6, 6.07) is 51.0. The number of ether oxygens (including phenoxy) is 9. The van der Waals surface area contributed by atoms with Crippen molar-refractivity contribution in [3.8, 4) is 69.0 Å². The van der Waals surface area contributed by atoms with Gasteiger partial charge in [0.1, 0.15) is 69.0 Å². The third-order valence-corrected chi connectivity index (χ3v) is 36.0. The van der Waals surface area contributed by atoms with Crippen molar-refractivity contribution in [1.82, 2.24) is 0 Å². The van der Waals surface area contributed by atoms with Crippen LogP contribution in [-0.4, -0.2) is 108 Å². The maximum Gasteiger partial charge on any atom is 0.383 e. The fourth-order valence-electron chi connectivity index (χ4n) is 12.2. The zero-order valence-corrected chi connectivity index (χ0v) is 84.7. The summed E-state index contributed by atoms with van der Waals surface area (Å²) < 4.78 is 87.4. The van der Waals surface area contributed by atoms with Gasteiger partial charge >= 0.3 is 88.0 Å². The van der Waals surface area contributed by atoms with E-state index in [9.17, 15) is 48.3 Å². The predicted octanol–water partition coefficient (Wildman–Crippen LogP) is 22.9. The summed E-state index contributed by atoms with van der Waals surface area (Å²) in [6.07, 6.45) is 0. The van der Waals surface area contributed by atoms with Crippen molar-refractivity contribution < 1.29 is 116 Å². The topological polar surface area (TPSA) is 312 Å². The van der Waals surface area contributed by atoms with Gasteiger partial charge in [-0.05, 0) is 316 Å². The third-order valence-electron chi connectivity index (χ3n) is 17.4. The molecule has 0 bridgehead atoms. The molecule has 0 aliphatic rings. The number of hydrogen-bond donors (Lipinski definition) is 1. The van der Waals surface area contributed by atoms with Crippen LogP contribution in [0.2, 0.25) is 78.6 Å². The standard InChI is InChI=1S/C62H68O16Si3.C28H26O7.C6H18Cl2O2Si3/c1-39(2)55(63)69-45-25-17-41(18-26-45)57(65)71-49-33-35-53(51(37-49)61(5,6)7)73-59(67)43-21-29-47(30-22-43)75-79(11,12)77-81(15,16)78-80(13,14)76-48-31-23-44(24-32-48)60(68)74-54-36-34-50(38-52(54)62(8,9)10)72-58(66)42-19-27-46(28-20-42)70-56(64)40(3)4;1-17(2)25(30)33-21-12-8-19(9-13-21)26(31)34-22-14-15-24(23(16-22)28(3,4)5)35-27(32)18-6-10-20(29)11-7-18;1-11(2,7)9-13(5,6)10-12(3,4)8/h17-38H,1,3H2,2,4-16H3;6-16,29H,1H2,2-5H3;1-6H3. The molecule has 0 aliphatic carbocycles. The number of halogens is 2. The van der Waals surface area contributed by atoms with E-state index in [-0.39, 0.29) is 90.3 Å². The minimum atomic E-state index is -2.92. The highest BCUT2D eigenvalue weighted by Crippen LogP contribution is 2.40. The minimum absolute atomic E-state index is 0.0469. The predicted molar refractivity (Wildman–Crippen MR) is 509 cm³/mol. The molecule has 684 valence electrons. The molecule has 25 nitrogen and oxygen atoms in total. The molecule has 1 N–H and O–H groups in total. The molecule has 9 aromatic carbocycles. The fourth-order valence-corrected chi connectivity index (χ4v) is 37.2. The highest BCUT2D eigenvalue weighted by atomic mass is 35.6. The summed E-state index contributed by atoms with van der Waals surface area (Å²) in [5, 5.41) is 9.42. The summed E-state index contributed by atoms with van der Waals surface area (Å²) in [5.74, 6) is -1.84. The van der Waals surface area contributed by atoms with Crippen molar-refractivity contribution in [1.29, 1.82) is 0 Å². The first-order valence-electron chi connectivity index (χ1n) is 40.8. The molecule has 0 aromatic heterocycles. The van der Waals surface area contributed by atoms with Crippen LogP contribution in [0.15, 0.2) is 237 Å². The second-order valence-electron chi connectivity index (χ2n) is 35.7. The molecule has 0 radical (unpaired) electrons. The van der Waals surface area contributed by atoms with E-state index in [2.05, 4.69) is 19.7 Å². The van der Waals surface area contributed by atoms with Crippen LogP contribution in [0.1, 0.15) is 162 Å². The Labute approximate surface area is 770 Å². The molecule has 0 spiro atoms. The van der Waals surface area contributed by atoms with Gasteiger partial charge in [-0.2, -0.15) is 0 Å². The first kappa shape index (κ1) is 105. The highest BCUT2D eigenvalue weighted by Gasteiger charge is 2.44. The normalized spacial score (nSPS) is 11.9. The van der Waals surface area contributed by atoms with Crippen molar-refractivity contribution in [3.05, 3.63) is 287 Å². The van der Waals surface area contributed by atoms with E-state index in [0.717, 1.165) is 0 Å². The van der Waals surface area contributed by atoms with Crippen molar-refractivity contribution in [2.75, 3.05) is 0 Å². The number of carbonyl (C=O) groups is 9. The zero-order chi connectivity index (χ0) is 96.5. The number of phenols is 1. The van der Waals surface area contributed by atoms with Gasteiger partial charge in [0.05, 0.1) is 33.4 Å². The fraction of sp³-hybridized carbons (Fsp3) is 0.281. The first-order chi connectivity index (χ1) is 59.5. The number of aromatic hydroxyl groups is 1. The van der Waals surface area contributed by atoms with E-state index in [1.165, 1.54) is 117 Å². The van der Waals surface area contributed by atoms with E-state index < -0.39 is 119 Å². The van der Waals surface area contributed by atoms with Crippen LogP contribution >= 0.6 is 22.2 Å². The van der Waals surface area contributed by atoms with Crippen LogP contribution in [0.4, 0.5) is 0 Å². The van der Waals surface area contributed by atoms with Crippen LogP contribution in [0.25, 0.3) is 0 Å². The molecule has 0 saturated heterocycles. The molecule has 0 unspecified atom stereocenters. The van der Waals surface area contributed by atoms with Crippen LogP contribution in [0.3, 0.4) is 0 Å². The molecule has 0 heterocycles. The smallest absolute Gasteiger partial charge is 0.383 e. The SMILES string of the molecule is C=C(C)C(=O)Oc1ccc(C(=O)Oc2ccc(OC(=O)c3ccc(O)cc3)c(C(C)(C)C)c2)cc1.C=C(C)C(=O)Oc1ccc(C(=O)Oc2ccc(OC(=O)c3ccc(O[Si](C)(C)O[Si](C)(C)O[Si](C)(C)Oc4ccc(C(=O)Oc5ccc(OC(=O)c6ccc(OC(=O)C(=C)C)cc6)cc5C(C)(C)C)cc4)cc3)c(C(C)(C)C)c2)cc1.C[Si](C)(Cl)O[Si](C)(C)O[Si](C)(C)Cl. The summed E-state index contributed by atoms with van der Waals surface area (Å²) in [4.78, 5) is 114. The van der Waals surface area contributed by atoms with E-state index >= 15 is 0 Å². The molecule has 0 amide bonds. The Balaban J connectivity index is 0.000000386. The lowest BCUT2D eigenvalue weighted by molar-refractivity contribution is -0.130. The minimum Gasteiger partial charge on any atom is -0.521 e. The number of phenolic OH excluding ortho intramolecular Hbond substituents is 1. The lowest BCUT2D eigenvalue weighted by Crippen LogP contribution is -2.56. The molecule has 0 atom stereocenters. The Kier molecular flexibility index (Phi) is 35.1. The van der Waals surface area contributed by atoms with Crippen LogP contribution < -0.4 is 51.5 Å². The molecule has 0 fully saturated rings. The molecular formula is C96H112Cl2O25Si6. The maximum atomic E-state index is 13.5. The maximum absolute atomic E-state index is 13.5. The Morgan fingerprint density at radius 2 is 0.457 bits per heavy atom. The van der Waals surface area contributed by atoms with Gasteiger partial charge in [-0.3, -0.25) is 0 Å². The average molecular weight is 1910 g/mol. The molecular weight excluding hydrogens is 1790 g/mol. The largest absolute Gasteiger partial charge is 0.521 e. The summed E-state index contributed by atoms with van der Waals surface area (Å²) in [7, 11) is -14.9. The van der Waals surface area contributed by atoms with Gasteiger partial charge in [0.25, 0.3) is 15.3 Å². The zero-order valence-electron chi connectivity index (χ0n) is 77.2. The van der Waals surface area contributed by atoms with Gasteiger partial charge in [0.15, 0.2) is 0 Å².